The molecule has 10 nitrogen and oxygen atoms in total. The van der Waals surface area contributed by atoms with E-state index in [2.05, 4.69) is 25.4 Å². The summed E-state index contributed by atoms with van der Waals surface area (Å²) in [6.45, 7) is 9.04. The van der Waals surface area contributed by atoms with Gasteiger partial charge in [-0.3, -0.25) is 4.79 Å². The zero-order valence-corrected chi connectivity index (χ0v) is 17.6. The highest BCUT2D eigenvalue weighted by atomic mass is 16.6. The van der Waals surface area contributed by atoms with E-state index < -0.39 is 24.2 Å². The SMILES string of the molecule is [C-]#[N+]c1ccc(C2=NOC(CC(=O)NC[C@H](NC(=O)OCCCC)C(=O)OC)C2)cc1. The Morgan fingerprint density at radius 1 is 1.32 bits per heavy atom. The van der Waals surface area contributed by atoms with E-state index in [1.807, 2.05) is 6.92 Å². The van der Waals surface area contributed by atoms with Gasteiger partial charge in [0.1, 0.15) is 12.1 Å². The van der Waals surface area contributed by atoms with E-state index in [1.165, 1.54) is 7.11 Å². The number of esters is 1. The number of amides is 2. The Kier molecular flexibility index (Phi) is 9.29. The van der Waals surface area contributed by atoms with Gasteiger partial charge in [-0.2, -0.15) is 0 Å². The van der Waals surface area contributed by atoms with Crippen molar-refractivity contribution in [3.63, 3.8) is 0 Å². The first-order valence-corrected chi connectivity index (χ1v) is 9.95. The number of ether oxygens (including phenoxy) is 2. The minimum absolute atomic E-state index is 0.0297. The molecule has 2 amide bonds. The van der Waals surface area contributed by atoms with Gasteiger partial charge in [-0.05, 0) is 12.0 Å². The molecule has 0 fully saturated rings. The molecule has 10 heteroatoms. The molecule has 1 unspecified atom stereocenters. The normalized spacial score (nSPS) is 15.6. The summed E-state index contributed by atoms with van der Waals surface area (Å²) in [5, 5.41) is 9.00. The number of unbranched alkanes of at least 4 members (excludes halogenated alkanes) is 1. The summed E-state index contributed by atoms with van der Waals surface area (Å²) < 4.78 is 9.63. The zero-order chi connectivity index (χ0) is 22.6. The minimum Gasteiger partial charge on any atom is -0.467 e. The maximum atomic E-state index is 12.3. The third-order valence-electron chi connectivity index (χ3n) is 4.49. The molecule has 0 saturated heterocycles. The fraction of sp³-hybridized carbons (Fsp3) is 0.476. The number of methoxy groups -OCH3 is 1. The molecule has 1 heterocycles. The molecule has 1 aliphatic rings. The van der Waals surface area contributed by atoms with Crippen molar-refractivity contribution in [3.8, 4) is 0 Å². The summed E-state index contributed by atoms with van der Waals surface area (Å²) in [6.07, 6.45) is 0.848. The number of carbonyl (C=O) groups is 3. The van der Waals surface area contributed by atoms with Crippen LogP contribution in [0.5, 0.6) is 0 Å². The zero-order valence-electron chi connectivity index (χ0n) is 17.6. The van der Waals surface area contributed by atoms with Crippen LogP contribution >= 0.6 is 0 Å². The fourth-order valence-electron chi connectivity index (χ4n) is 2.76. The molecule has 0 aliphatic carbocycles. The number of benzene rings is 1. The molecular formula is C21H26N4O6. The van der Waals surface area contributed by atoms with Gasteiger partial charge in [0.15, 0.2) is 5.69 Å². The highest BCUT2D eigenvalue weighted by molar-refractivity contribution is 6.01. The lowest BCUT2D eigenvalue weighted by molar-refractivity contribution is -0.143. The second kappa shape index (κ2) is 12.2. The third kappa shape index (κ3) is 7.62. The Morgan fingerprint density at radius 3 is 2.71 bits per heavy atom. The van der Waals surface area contributed by atoms with Crippen molar-refractivity contribution >= 4 is 29.4 Å². The fourth-order valence-corrected chi connectivity index (χ4v) is 2.76. The number of oxime groups is 1. The highest BCUT2D eigenvalue weighted by Crippen LogP contribution is 2.21. The lowest BCUT2D eigenvalue weighted by Gasteiger charge is -2.17. The van der Waals surface area contributed by atoms with Crippen molar-refractivity contribution in [2.75, 3.05) is 20.3 Å². The van der Waals surface area contributed by atoms with Gasteiger partial charge < -0.3 is 24.9 Å². The standard InChI is InChI=1S/C21H26N4O6/c1-4-5-10-30-21(28)24-18(20(27)29-3)13-23-19(26)12-16-11-17(25-31-16)14-6-8-15(22-2)9-7-14/h6-9,16,18H,4-5,10-13H2,1,3H3,(H,23,26)(H,24,28)/t16?,18-/m0/s1. The van der Waals surface area contributed by atoms with Gasteiger partial charge in [0.2, 0.25) is 5.91 Å². The van der Waals surface area contributed by atoms with Gasteiger partial charge in [0.05, 0.1) is 32.4 Å². The van der Waals surface area contributed by atoms with Crippen LogP contribution in [0.2, 0.25) is 0 Å². The summed E-state index contributed by atoms with van der Waals surface area (Å²) in [4.78, 5) is 44.6. The van der Waals surface area contributed by atoms with Crippen molar-refractivity contribution in [1.29, 1.82) is 0 Å². The summed E-state index contributed by atoms with van der Waals surface area (Å²) in [5.41, 5.74) is 2.05. The van der Waals surface area contributed by atoms with Crippen LogP contribution in [0.1, 0.15) is 38.2 Å². The van der Waals surface area contributed by atoms with Gasteiger partial charge in [0, 0.05) is 13.0 Å². The van der Waals surface area contributed by atoms with Crippen LogP contribution in [-0.2, 0) is 23.9 Å². The molecule has 1 aromatic rings. The first-order chi connectivity index (χ1) is 15.0. The number of hydrogen-bond donors (Lipinski definition) is 2. The van der Waals surface area contributed by atoms with Crippen molar-refractivity contribution in [2.24, 2.45) is 5.16 Å². The molecule has 0 saturated carbocycles. The third-order valence-corrected chi connectivity index (χ3v) is 4.49. The topological polar surface area (TPSA) is 120 Å². The van der Waals surface area contributed by atoms with Crippen molar-refractivity contribution in [3.05, 3.63) is 41.2 Å². The predicted octanol–water partition coefficient (Wildman–Crippen LogP) is 2.30. The van der Waals surface area contributed by atoms with Crippen LogP contribution < -0.4 is 10.6 Å². The second-order valence-corrected chi connectivity index (χ2v) is 6.85. The molecule has 1 aliphatic heterocycles. The van der Waals surface area contributed by atoms with Gasteiger partial charge in [-0.15, -0.1) is 0 Å². The molecule has 0 bridgehead atoms. The van der Waals surface area contributed by atoms with E-state index in [0.29, 0.717) is 24.2 Å². The average Bonchev–Trinajstić information content (AvgIpc) is 3.24. The van der Waals surface area contributed by atoms with Crippen molar-refractivity contribution in [2.45, 2.75) is 44.8 Å². The number of rotatable bonds is 10. The molecule has 0 spiro atoms. The van der Waals surface area contributed by atoms with Crippen LogP contribution in [0.4, 0.5) is 10.5 Å². The summed E-state index contributed by atoms with van der Waals surface area (Å²) in [6, 6.07) is 5.88. The lowest BCUT2D eigenvalue weighted by Crippen LogP contribution is -2.49. The van der Waals surface area contributed by atoms with Crippen LogP contribution in [0.3, 0.4) is 0 Å². The van der Waals surface area contributed by atoms with E-state index in [0.717, 1.165) is 12.0 Å². The second-order valence-electron chi connectivity index (χ2n) is 6.85. The van der Waals surface area contributed by atoms with E-state index in [4.69, 9.17) is 16.1 Å². The van der Waals surface area contributed by atoms with Gasteiger partial charge in [-0.1, -0.05) is 42.8 Å². The van der Waals surface area contributed by atoms with Crippen molar-refractivity contribution in [1.82, 2.24) is 10.6 Å². The van der Waals surface area contributed by atoms with E-state index >= 15 is 0 Å². The van der Waals surface area contributed by atoms with Crippen LogP contribution in [-0.4, -0.2) is 56.1 Å². The number of alkyl carbamates (subject to hydrolysis) is 1. The van der Waals surface area contributed by atoms with Crippen LogP contribution in [0.15, 0.2) is 29.4 Å². The van der Waals surface area contributed by atoms with E-state index in [1.54, 1.807) is 24.3 Å². The quantitative estimate of drug-likeness (QED) is 0.334. The number of hydrogen-bond acceptors (Lipinski definition) is 7. The molecule has 2 N–H and O–H groups in total. The molecule has 166 valence electrons. The largest absolute Gasteiger partial charge is 0.467 e. The Balaban J connectivity index is 1.79. The number of nitrogens with zero attached hydrogens (tertiary/aromatic N) is 2. The average molecular weight is 430 g/mol. The Hall–Kier alpha value is -3.61. The smallest absolute Gasteiger partial charge is 0.407 e. The Morgan fingerprint density at radius 2 is 2.06 bits per heavy atom. The molecule has 1 aromatic carbocycles. The maximum absolute atomic E-state index is 12.3. The van der Waals surface area contributed by atoms with E-state index in [-0.39, 0.29) is 25.5 Å². The van der Waals surface area contributed by atoms with Gasteiger partial charge >= 0.3 is 12.1 Å². The molecule has 2 rings (SSSR count). The van der Waals surface area contributed by atoms with Crippen LogP contribution in [0, 0.1) is 6.57 Å². The number of nitrogens with one attached hydrogen (secondary N) is 2. The Bertz CT molecular complexity index is 846. The molecule has 31 heavy (non-hydrogen) atoms. The predicted molar refractivity (Wildman–Crippen MR) is 112 cm³/mol. The first-order valence-electron chi connectivity index (χ1n) is 9.95. The summed E-state index contributed by atoms with van der Waals surface area (Å²) in [7, 11) is 1.19. The Labute approximate surface area is 180 Å². The number of carbonyl (C=O) groups excluding carboxylic acids is 3. The minimum atomic E-state index is -1.07. The molecule has 0 radical (unpaired) electrons. The summed E-state index contributed by atoms with van der Waals surface area (Å²) >= 11 is 0. The van der Waals surface area contributed by atoms with Gasteiger partial charge in [0.25, 0.3) is 0 Å². The van der Waals surface area contributed by atoms with Crippen LogP contribution in [0.25, 0.3) is 4.85 Å². The molecule has 2 atom stereocenters. The van der Waals surface area contributed by atoms with E-state index in [9.17, 15) is 14.4 Å². The molecular weight excluding hydrogens is 404 g/mol. The maximum Gasteiger partial charge on any atom is 0.407 e. The highest BCUT2D eigenvalue weighted by Gasteiger charge is 2.27. The van der Waals surface area contributed by atoms with Gasteiger partial charge in [-0.25, -0.2) is 14.4 Å². The molecule has 0 aromatic heterocycles. The summed E-state index contributed by atoms with van der Waals surface area (Å²) in [5.74, 6) is -1.06. The monoisotopic (exact) mass is 430 g/mol. The lowest BCUT2D eigenvalue weighted by atomic mass is 10.0. The first kappa shape index (κ1) is 23.7. The van der Waals surface area contributed by atoms with Crippen molar-refractivity contribution < 1.29 is 28.7 Å².